The standard InChI is InChI=1S/C8H5ClF3NO3/c9-2-4-7(16-8(10,11)12)1-6(15)5(3-14)13-4/h1,3,15H,2H2. The number of hydrogen-bond donors (Lipinski definition) is 1. The molecule has 1 rings (SSSR count). The van der Waals surface area contributed by atoms with Crippen LogP contribution in [0.5, 0.6) is 11.5 Å². The van der Waals surface area contributed by atoms with Gasteiger partial charge in [-0.25, -0.2) is 4.98 Å². The Labute approximate surface area is 92.6 Å². The van der Waals surface area contributed by atoms with Crippen LogP contribution in [0.25, 0.3) is 0 Å². The molecule has 0 radical (unpaired) electrons. The number of rotatable bonds is 3. The lowest BCUT2D eigenvalue weighted by molar-refractivity contribution is -0.275. The van der Waals surface area contributed by atoms with Crippen molar-refractivity contribution in [3.8, 4) is 11.5 Å². The fraction of sp³-hybridized carbons (Fsp3) is 0.250. The minimum atomic E-state index is -4.92. The molecule has 8 heteroatoms. The largest absolute Gasteiger partial charge is 0.573 e. The summed E-state index contributed by atoms with van der Waals surface area (Å²) in [5.74, 6) is -1.82. The highest BCUT2D eigenvalue weighted by molar-refractivity contribution is 6.17. The highest BCUT2D eigenvalue weighted by atomic mass is 35.5. The van der Waals surface area contributed by atoms with Gasteiger partial charge in [-0.15, -0.1) is 24.8 Å². The highest BCUT2D eigenvalue weighted by Crippen LogP contribution is 2.30. The van der Waals surface area contributed by atoms with Gasteiger partial charge < -0.3 is 9.84 Å². The third-order valence-corrected chi connectivity index (χ3v) is 1.79. The van der Waals surface area contributed by atoms with Crippen molar-refractivity contribution in [1.82, 2.24) is 4.98 Å². The molecule has 0 saturated heterocycles. The van der Waals surface area contributed by atoms with Crippen LogP contribution in [0.2, 0.25) is 0 Å². The summed E-state index contributed by atoms with van der Waals surface area (Å²) in [5, 5.41) is 9.12. The summed E-state index contributed by atoms with van der Waals surface area (Å²) in [5.41, 5.74) is -0.677. The smallest absolute Gasteiger partial charge is 0.505 e. The van der Waals surface area contributed by atoms with E-state index in [1.165, 1.54) is 0 Å². The van der Waals surface area contributed by atoms with Gasteiger partial charge in [0.05, 0.1) is 11.6 Å². The Kier molecular flexibility index (Phi) is 3.58. The molecule has 0 aromatic carbocycles. The fourth-order valence-corrected chi connectivity index (χ4v) is 1.13. The van der Waals surface area contributed by atoms with Crippen molar-refractivity contribution in [2.45, 2.75) is 12.2 Å². The second kappa shape index (κ2) is 4.56. The average molecular weight is 256 g/mol. The number of nitrogens with zero attached hydrogens (tertiary/aromatic N) is 1. The van der Waals surface area contributed by atoms with Gasteiger partial charge in [0.25, 0.3) is 0 Å². The molecule has 0 spiro atoms. The van der Waals surface area contributed by atoms with Crippen molar-refractivity contribution in [3.63, 3.8) is 0 Å². The monoisotopic (exact) mass is 255 g/mol. The van der Waals surface area contributed by atoms with Crippen molar-refractivity contribution in [1.29, 1.82) is 0 Å². The first-order chi connectivity index (χ1) is 7.37. The summed E-state index contributed by atoms with van der Waals surface area (Å²) in [6.07, 6.45) is -4.72. The quantitative estimate of drug-likeness (QED) is 0.665. The van der Waals surface area contributed by atoms with Crippen molar-refractivity contribution >= 4 is 17.9 Å². The van der Waals surface area contributed by atoms with Crippen molar-refractivity contribution < 1.29 is 27.8 Å². The number of carbonyl (C=O) groups is 1. The van der Waals surface area contributed by atoms with Crippen molar-refractivity contribution in [2.75, 3.05) is 0 Å². The van der Waals surface area contributed by atoms with E-state index in [4.69, 9.17) is 16.7 Å². The maximum Gasteiger partial charge on any atom is 0.573 e. The fourth-order valence-electron chi connectivity index (χ4n) is 0.935. The molecule has 1 aromatic heterocycles. The molecule has 0 fully saturated rings. The van der Waals surface area contributed by atoms with Crippen LogP contribution in [0.3, 0.4) is 0 Å². The molecule has 1 heterocycles. The summed E-state index contributed by atoms with van der Waals surface area (Å²) in [6, 6.07) is 0.641. The Balaban J connectivity index is 3.18. The zero-order valence-electron chi connectivity index (χ0n) is 7.58. The van der Waals surface area contributed by atoms with Gasteiger partial charge in [-0.05, 0) is 0 Å². The molecule has 0 atom stereocenters. The lowest BCUT2D eigenvalue weighted by Gasteiger charge is -2.12. The predicted octanol–water partition coefficient (Wildman–Crippen LogP) is 2.24. The summed E-state index contributed by atoms with van der Waals surface area (Å²) >= 11 is 5.33. The van der Waals surface area contributed by atoms with E-state index < -0.39 is 23.6 Å². The second-order valence-electron chi connectivity index (χ2n) is 2.64. The van der Waals surface area contributed by atoms with Gasteiger partial charge in [0, 0.05) is 6.07 Å². The zero-order chi connectivity index (χ0) is 12.3. The molecule has 0 saturated carbocycles. The van der Waals surface area contributed by atoms with E-state index in [9.17, 15) is 18.0 Å². The second-order valence-corrected chi connectivity index (χ2v) is 2.90. The molecule has 16 heavy (non-hydrogen) atoms. The van der Waals surface area contributed by atoms with Crippen LogP contribution in [0, 0.1) is 0 Å². The number of aromatic nitrogens is 1. The molecule has 1 N–H and O–H groups in total. The number of pyridine rings is 1. The topological polar surface area (TPSA) is 59.4 Å². The van der Waals surface area contributed by atoms with Gasteiger partial charge in [-0.2, -0.15) is 0 Å². The first-order valence-electron chi connectivity index (χ1n) is 3.87. The molecule has 88 valence electrons. The van der Waals surface area contributed by atoms with E-state index in [0.717, 1.165) is 0 Å². The summed E-state index contributed by atoms with van der Waals surface area (Å²) in [4.78, 5) is 13.8. The Bertz CT molecular complexity index is 408. The number of ether oxygens (including phenoxy) is 1. The van der Waals surface area contributed by atoms with E-state index in [1.54, 1.807) is 0 Å². The first kappa shape index (κ1) is 12.6. The number of aromatic hydroxyl groups is 1. The van der Waals surface area contributed by atoms with Gasteiger partial charge in [0.1, 0.15) is 11.4 Å². The first-order valence-corrected chi connectivity index (χ1v) is 4.40. The Hall–Kier alpha value is -1.50. The van der Waals surface area contributed by atoms with Gasteiger partial charge in [-0.1, -0.05) is 0 Å². The van der Waals surface area contributed by atoms with Gasteiger partial charge in [0.15, 0.2) is 12.0 Å². The van der Waals surface area contributed by atoms with Crippen molar-refractivity contribution in [3.05, 3.63) is 17.5 Å². The molecule has 1 aromatic rings. The molecule has 4 nitrogen and oxygen atoms in total. The molecule has 0 bridgehead atoms. The predicted molar refractivity (Wildman–Crippen MR) is 47.5 cm³/mol. The lowest BCUT2D eigenvalue weighted by Crippen LogP contribution is -2.18. The van der Waals surface area contributed by atoms with Gasteiger partial charge >= 0.3 is 6.36 Å². The van der Waals surface area contributed by atoms with Crippen LogP contribution >= 0.6 is 11.6 Å². The summed E-state index contributed by atoms with van der Waals surface area (Å²) < 4.78 is 39.4. The number of aldehydes is 1. The Morgan fingerprint density at radius 2 is 2.19 bits per heavy atom. The zero-order valence-corrected chi connectivity index (χ0v) is 8.34. The number of halogens is 4. The Morgan fingerprint density at radius 3 is 2.62 bits per heavy atom. The number of alkyl halides is 4. The van der Waals surface area contributed by atoms with E-state index in [2.05, 4.69) is 9.72 Å². The third-order valence-electron chi connectivity index (χ3n) is 1.53. The molecule has 0 unspecified atom stereocenters. The molecule has 0 aliphatic carbocycles. The number of hydrogen-bond acceptors (Lipinski definition) is 4. The minimum absolute atomic E-state index is 0.197. The lowest BCUT2D eigenvalue weighted by atomic mass is 10.3. The molecule has 0 amide bonds. The van der Waals surface area contributed by atoms with Crippen LogP contribution in [0.4, 0.5) is 13.2 Å². The molecular formula is C8H5ClF3NO3. The van der Waals surface area contributed by atoms with Crippen LogP contribution in [-0.4, -0.2) is 22.7 Å². The Morgan fingerprint density at radius 1 is 1.56 bits per heavy atom. The van der Waals surface area contributed by atoms with E-state index in [-0.39, 0.29) is 17.9 Å². The van der Waals surface area contributed by atoms with Crippen molar-refractivity contribution in [2.24, 2.45) is 0 Å². The normalized spacial score (nSPS) is 11.2. The van der Waals surface area contributed by atoms with Gasteiger partial charge in [0.2, 0.25) is 0 Å². The maximum atomic E-state index is 11.9. The summed E-state index contributed by atoms with van der Waals surface area (Å²) in [7, 11) is 0. The SMILES string of the molecule is O=Cc1nc(CCl)c(OC(F)(F)F)cc1O. The van der Waals surface area contributed by atoms with Crippen LogP contribution in [0.15, 0.2) is 6.07 Å². The van der Waals surface area contributed by atoms with Crippen LogP contribution < -0.4 is 4.74 Å². The van der Waals surface area contributed by atoms with Crippen LogP contribution in [-0.2, 0) is 5.88 Å². The minimum Gasteiger partial charge on any atom is -0.505 e. The summed E-state index contributed by atoms with van der Waals surface area (Å²) in [6.45, 7) is 0. The third kappa shape index (κ3) is 2.99. The molecule has 0 aliphatic rings. The van der Waals surface area contributed by atoms with Crippen LogP contribution in [0.1, 0.15) is 16.2 Å². The van der Waals surface area contributed by atoms with E-state index >= 15 is 0 Å². The molecule has 0 aliphatic heterocycles. The maximum absolute atomic E-state index is 11.9. The van der Waals surface area contributed by atoms with Gasteiger partial charge in [-0.3, -0.25) is 4.79 Å². The molecular weight excluding hydrogens is 251 g/mol. The van der Waals surface area contributed by atoms with E-state index in [0.29, 0.717) is 6.07 Å². The highest BCUT2D eigenvalue weighted by Gasteiger charge is 2.32. The average Bonchev–Trinajstić information content (AvgIpc) is 2.16. The van der Waals surface area contributed by atoms with E-state index in [1.807, 2.05) is 0 Å². The number of carbonyl (C=O) groups excluding carboxylic acids is 1.